The quantitative estimate of drug-likeness (QED) is 0.620. The van der Waals surface area contributed by atoms with E-state index in [1.165, 1.54) is 33.8 Å². The van der Waals surface area contributed by atoms with Crippen LogP contribution in [-0.2, 0) is 7.05 Å². The molecule has 0 saturated heterocycles. The summed E-state index contributed by atoms with van der Waals surface area (Å²) >= 11 is 0. The van der Waals surface area contributed by atoms with Gasteiger partial charge >= 0.3 is 0 Å². The fourth-order valence-corrected chi connectivity index (χ4v) is 3.19. The number of nitrogens with zero attached hydrogens (tertiary/aromatic N) is 2. The third-order valence-electron chi connectivity index (χ3n) is 4.63. The lowest BCUT2D eigenvalue weighted by atomic mass is 10.0. The van der Waals surface area contributed by atoms with E-state index in [1.807, 2.05) is 0 Å². The molecule has 2 aromatic heterocycles. The third-order valence-corrected chi connectivity index (χ3v) is 4.63. The molecule has 1 aromatic carbocycles. The summed E-state index contributed by atoms with van der Waals surface area (Å²) in [5.74, 6) is 0.492. The Hall–Kier alpha value is -2.35. The molecule has 23 heavy (non-hydrogen) atoms. The predicted molar refractivity (Wildman–Crippen MR) is 95.9 cm³/mol. The van der Waals surface area contributed by atoms with Crippen LogP contribution in [0.15, 0.2) is 54.9 Å². The van der Waals surface area contributed by atoms with E-state index in [0.717, 1.165) is 0 Å². The molecule has 2 heterocycles. The van der Waals surface area contributed by atoms with Gasteiger partial charge < -0.3 is 4.57 Å². The first kappa shape index (κ1) is 15.5. The largest absolute Gasteiger partial charge is 0.311 e. The highest BCUT2D eigenvalue weighted by Crippen LogP contribution is 2.31. The van der Waals surface area contributed by atoms with Crippen molar-refractivity contribution >= 4 is 0 Å². The normalized spacial score (nSPS) is 11.2. The van der Waals surface area contributed by atoms with E-state index in [9.17, 15) is 0 Å². The monoisotopic (exact) mass is 305 g/mol. The van der Waals surface area contributed by atoms with E-state index >= 15 is 0 Å². The van der Waals surface area contributed by atoms with Gasteiger partial charge in [0, 0.05) is 24.0 Å². The van der Waals surface area contributed by atoms with Crippen molar-refractivity contribution in [2.75, 3.05) is 0 Å². The van der Waals surface area contributed by atoms with E-state index in [1.54, 1.807) is 0 Å². The molecular formula is C21H25N2+. The molecule has 2 heteroatoms. The molecule has 118 valence electrons. The second-order valence-corrected chi connectivity index (χ2v) is 6.57. The first-order chi connectivity index (χ1) is 11.0. The van der Waals surface area contributed by atoms with Crippen LogP contribution in [0.25, 0.3) is 17.1 Å². The molecule has 0 amide bonds. The summed E-state index contributed by atoms with van der Waals surface area (Å²) in [5.41, 5.74) is 7.82. The lowest BCUT2D eigenvalue weighted by Gasteiger charge is -2.16. The topological polar surface area (TPSA) is 8.81 Å². The van der Waals surface area contributed by atoms with Gasteiger partial charge in [-0.2, -0.15) is 4.57 Å². The zero-order chi connectivity index (χ0) is 16.6. The Morgan fingerprint density at radius 1 is 0.957 bits per heavy atom. The molecule has 0 unspecified atom stereocenters. The Kier molecular flexibility index (Phi) is 4.08. The van der Waals surface area contributed by atoms with Crippen LogP contribution >= 0.6 is 0 Å². The number of rotatable bonds is 3. The second kappa shape index (κ2) is 6.04. The number of benzene rings is 1. The molecule has 0 saturated carbocycles. The molecule has 0 aliphatic heterocycles. The zero-order valence-electron chi connectivity index (χ0n) is 14.7. The highest BCUT2D eigenvalue weighted by Gasteiger charge is 2.21. The van der Waals surface area contributed by atoms with Crippen molar-refractivity contribution < 1.29 is 4.57 Å². The van der Waals surface area contributed by atoms with Gasteiger partial charge in [-0.15, -0.1) is 0 Å². The standard InChI is InChI=1S/C21H25N2/c1-15(2)18-10-6-7-11-19(18)23-14-16(3)17(4)21(23)20-12-8-9-13-22(20)5/h6-15H,1-5H3/q+1. The number of aryl methyl sites for hydroxylation is 2. The highest BCUT2D eigenvalue weighted by molar-refractivity contribution is 5.64. The maximum Gasteiger partial charge on any atom is 0.229 e. The summed E-state index contributed by atoms with van der Waals surface area (Å²) in [7, 11) is 2.11. The van der Waals surface area contributed by atoms with E-state index < -0.39 is 0 Å². The van der Waals surface area contributed by atoms with Crippen molar-refractivity contribution in [3.8, 4) is 17.1 Å². The third kappa shape index (κ3) is 2.70. The van der Waals surface area contributed by atoms with Crippen LogP contribution in [0.5, 0.6) is 0 Å². The first-order valence-electron chi connectivity index (χ1n) is 8.23. The number of hydrogen-bond acceptors (Lipinski definition) is 0. The molecule has 0 atom stereocenters. The molecule has 0 radical (unpaired) electrons. The molecule has 0 bridgehead atoms. The number of para-hydroxylation sites is 1. The fourth-order valence-electron chi connectivity index (χ4n) is 3.19. The SMILES string of the molecule is Cc1cn(-c2ccccc2C(C)C)c(-c2cccc[n+]2C)c1C. The fraction of sp³-hybridized carbons (Fsp3) is 0.286. The summed E-state index contributed by atoms with van der Waals surface area (Å²) in [4.78, 5) is 0. The minimum Gasteiger partial charge on any atom is -0.311 e. The van der Waals surface area contributed by atoms with Gasteiger partial charge in [-0.05, 0) is 48.6 Å². The Morgan fingerprint density at radius 3 is 2.35 bits per heavy atom. The first-order valence-corrected chi connectivity index (χ1v) is 8.23. The van der Waals surface area contributed by atoms with Crippen LogP contribution < -0.4 is 4.57 Å². The molecule has 2 nitrogen and oxygen atoms in total. The minimum absolute atomic E-state index is 0.492. The van der Waals surface area contributed by atoms with Gasteiger partial charge in [0.1, 0.15) is 12.7 Å². The van der Waals surface area contributed by atoms with E-state index in [0.29, 0.717) is 5.92 Å². The summed E-state index contributed by atoms with van der Waals surface area (Å²) in [6.45, 7) is 8.91. The van der Waals surface area contributed by atoms with Gasteiger partial charge in [-0.3, -0.25) is 0 Å². The number of hydrogen-bond donors (Lipinski definition) is 0. The van der Waals surface area contributed by atoms with E-state index in [2.05, 4.69) is 98.7 Å². The maximum absolute atomic E-state index is 2.36. The van der Waals surface area contributed by atoms with Crippen molar-refractivity contribution in [1.29, 1.82) is 0 Å². The Labute approximate surface area is 139 Å². The molecule has 0 aliphatic carbocycles. The molecule has 0 fully saturated rings. The smallest absolute Gasteiger partial charge is 0.229 e. The molecule has 0 aliphatic rings. The number of aromatic nitrogens is 2. The zero-order valence-corrected chi connectivity index (χ0v) is 14.7. The van der Waals surface area contributed by atoms with Crippen LogP contribution in [0.2, 0.25) is 0 Å². The van der Waals surface area contributed by atoms with Crippen LogP contribution in [0, 0.1) is 13.8 Å². The summed E-state index contributed by atoms with van der Waals surface area (Å²) in [6.07, 6.45) is 4.37. The molecular weight excluding hydrogens is 280 g/mol. The van der Waals surface area contributed by atoms with Crippen LogP contribution in [0.3, 0.4) is 0 Å². The lowest BCUT2D eigenvalue weighted by molar-refractivity contribution is -0.660. The van der Waals surface area contributed by atoms with Crippen molar-refractivity contribution in [2.24, 2.45) is 7.05 Å². The lowest BCUT2D eigenvalue weighted by Crippen LogP contribution is -2.30. The van der Waals surface area contributed by atoms with Gasteiger partial charge in [0.2, 0.25) is 5.69 Å². The van der Waals surface area contributed by atoms with Gasteiger partial charge in [0.15, 0.2) is 6.20 Å². The minimum atomic E-state index is 0.492. The maximum atomic E-state index is 2.36. The Balaban J connectivity index is 2.31. The van der Waals surface area contributed by atoms with Crippen molar-refractivity contribution in [2.45, 2.75) is 33.6 Å². The Bertz CT molecular complexity index is 841. The molecule has 0 N–H and O–H groups in total. The second-order valence-electron chi connectivity index (χ2n) is 6.57. The van der Waals surface area contributed by atoms with Crippen LogP contribution in [0.1, 0.15) is 36.5 Å². The highest BCUT2D eigenvalue weighted by atomic mass is 15.0. The summed E-state index contributed by atoms with van der Waals surface area (Å²) < 4.78 is 4.55. The van der Waals surface area contributed by atoms with Crippen molar-refractivity contribution in [3.05, 3.63) is 71.5 Å². The van der Waals surface area contributed by atoms with E-state index in [4.69, 9.17) is 0 Å². The molecule has 3 rings (SSSR count). The Morgan fingerprint density at radius 2 is 1.65 bits per heavy atom. The van der Waals surface area contributed by atoms with Gasteiger partial charge in [-0.25, -0.2) is 0 Å². The summed E-state index contributed by atoms with van der Waals surface area (Å²) in [5, 5.41) is 0. The van der Waals surface area contributed by atoms with Gasteiger partial charge in [0.25, 0.3) is 0 Å². The van der Waals surface area contributed by atoms with Gasteiger partial charge in [-0.1, -0.05) is 32.0 Å². The van der Waals surface area contributed by atoms with Crippen molar-refractivity contribution in [1.82, 2.24) is 4.57 Å². The van der Waals surface area contributed by atoms with Gasteiger partial charge in [0.05, 0.1) is 0 Å². The molecule has 0 spiro atoms. The van der Waals surface area contributed by atoms with Crippen LogP contribution in [-0.4, -0.2) is 4.57 Å². The summed E-state index contributed by atoms with van der Waals surface area (Å²) in [6, 6.07) is 15.1. The average Bonchev–Trinajstić information content (AvgIpc) is 2.83. The van der Waals surface area contributed by atoms with E-state index in [-0.39, 0.29) is 0 Å². The number of pyridine rings is 1. The predicted octanol–water partition coefficient (Wildman–Crippen LogP) is 4.71. The van der Waals surface area contributed by atoms with Crippen molar-refractivity contribution in [3.63, 3.8) is 0 Å². The molecule has 3 aromatic rings. The van der Waals surface area contributed by atoms with Crippen LogP contribution in [0.4, 0.5) is 0 Å². The average molecular weight is 305 g/mol.